The molecule has 186 valence electrons. The molecule has 3 aromatic carbocycles. The lowest BCUT2D eigenvalue weighted by Gasteiger charge is -2.15. The fraction of sp³-hybridized carbons (Fsp3) is 0.174. The van der Waals surface area contributed by atoms with Gasteiger partial charge in [0, 0.05) is 5.69 Å². The summed E-state index contributed by atoms with van der Waals surface area (Å²) in [5.74, 6) is -0.733. The molecule has 0 bridgehead atoms. The first-order valence-electron chi connectivity index (χ1n) is 9.73. The zero-order valence-corrected chi connectivity index (χ0v) is 18.9. The van der Waals surface area contributed by atoms with E-state index in [-0.39, 0.29) is 33.3 Å². The third-order valence-corrected chi connectivity index (χ3v) is 6.36. The van der Waals surface area contributed by atoms with Gasteiger partial charge in [0.2, 0.25) is 0 Å². The van der Waals surface area contributed by atoms with E-state index in [2.05, 4.69) is 9.46 Å². The number of anilines is 1. The highest BCUT2D eigenvalue weighted by molar-refractivity contribution is 7.92. The number of benzene rings is 3. The number of carbonyl (C=O) groups excluding carboxylic acids is 1. The van der Waals surface area contributed by atoms with Crippen molar-refractivity contribution in [3.8, 4) is 11.1 Å². The number of methoxy groups -OCH3 is 1. The maximum atomic E-state index is 13.1. The normalized spacial score (nSPS) is 12.3. The molecule has 0 saturated carbocycles. The summed E-state index contributed by atoms with van der Waals surface area (Å²) in [5.41, 5.74) is -2.75. The first-order valence-corrected chi connectivity index (χ1v) is 11.2. The second-order valence-corrected chi connectivity index (χ2v) is 9.13. The zero-order chi connectivity index (χ0) is 26.2. The molecule has 3 aromatic rings. The maximum Gasteiger partial charge on any atom is 0.416 e. The smallest absolute Gasteiger partial charge is 0.416 e. The third-order valence-electron chi connectivity index (χ3n) is 4.98. The molecule has 0 unspecified atom stereocenters. The lowest BCUT2D eigenvalue weighted by atomic mass is 9.99. The number of esters is 1. The van der Waals surface area contributed by atoms with E-state index in [1.165, 1.54) is 36.4 Å². The van der Waals surface area contributed by atoms with E-state index in [9.17, 15) is 39.6 Å². The number of rotatable bonds is 5. The molecule has 12 heteroatoms. The molecule has 1 N–H and O–H groups in total. The van der Waals surface area contributed by atoms with Gasteiger partial charge in [-0.15, -0.1) is 0 Å². The number of carbonyl (C=O) groups is 1. The Morgan fingerprint density at radius 1 is 0.800 bits per heavy atom. The zero-order valence-electron chi connectivity index (χ0n) is 18.1. The summed E-state index contributed by atoms with van der Waals surface area (Å²) in [5, 5.41) is 0. The quantitative estimate of drug-likeness (QED) is 0.319. The standard InChI is InChI=1S/C23H17F6NO4S/c1-13-3-8-19(12-20(13)21(31)34-2)35(32,33)30-18-6-4-14(5-7-18)15-9-16(22(24,25)26)11-17(10-15)23(27,28)29/h3-12,30H,1-2H3. The van der Waals surface area contributed by atoms with Crippen LogP contribution in [0.15, 0.2) is 65.6 Å². The summed E-state index contributed by atoms with van der Waals surface area (Å²) in [4.78, 5) is 11.6. The summed E-state index contributed by atoms with van der Waals surface area (Å²) >= 11 is 0. The van der Waals surface area contributed by atoms with Crippen LogP contribution >= 0.6 is 0 Å². The number of sulfonamides is 1. The number of halogens is 6. The third kappa shape index (κ3) is 5.94. The molecule has 0 fully saturated rings. The summed E-state index contributed by atoms with van der Waals surface area (Å²) in [6, 6.07) is 9.73. The molecule has 0 aliphatic rings. The van der Waals surface area contributed by atoms with Crippen LogP contribution in [-0.4, -0.2) is 21.5 Å². The number of ether oxygens (including phenoxy) is 1. The number of hydrogen-bond donors (Lipinski definition) is 1. The Bertz CT molecular complexity index is 1330. The molecule has 0 aliphatic heterocycles. The van der Waals surface area contributed by atoms with E-state index in [4.69, 9.17) is 0 Å². The first-order chi connectivity index (χ1) is 16.1. The fourth-order valence-corrected chi connectivity index (χ4v) is 4.25. The molecule has 35 heavy (non-hydrogen) atoms. The van der Waals surface area contributed by atoms with Crippen LogP contribution in [0.4, 0.5) is 32.0 Å². The highest BCUT2D eigenvalue weighted by Crippen LogP contribution is 2.38. The lowest BCUT2D eigenvalue weighted by molar-refractivity contribution is -0.143. The van der Waals surface area contributed by atoms with Crippen LogP contribution in [0, 0.1) is 6.92 Å². The van der Waals surface area contributed by atoms with Gasteiger partial charge in [0.05, 0.1) is 28.7 Å². The second kappa shape index (κ2) is 9.25. The molecule has 0 saturated heterocycles. The van der Waals surface area contributed by atoms with Gasteiger partial charge in [-0.1, -0.05) is 18.2 Å². The minimum Gasteiger partial charge on any atom is -0.465 e. The molecular formula is C23H17F6NO4S. The highest BCUT2D eigenvalue weighted by atomic mass is 32.2. The Morgan fingerprint density at radius 3 is 1.83 bits per heavy atom. The van der Waals surface area contributed by atoms with Gasteiger partial charge >= 0.3 is 18.3 Å². The number of hydrogen-bond acceptors (Lipinski definition) is 4. The van der Waals surface area contributed by atoms with Gasteiger partial charge in [0.1, 0.15) is 0 Å². The summed E-state index contributed by atoms with van der Waals surface area (Å²) in [6.07, 6.45) is -9.99. The SMILES string of the molecule is COC(=O)c1cc(S(=O)(=O)Nc2ccc(-c3cc(C(F)(F)F)cc(C(F)(F)F)c3)cc2)ccc1C. The second-order valence-electron chi connectivity index (χ2n) is 7.45. The fourth-order valence-electron chi connectivity index (χ4n) is 3.16. The van der Waals surface area contributed by atoms with E-state index >= 15 is 0 Å². The van der Waals surface area contributed by atoms with Gasteiger partial charge in [0.25, 0.3) is 10.0 Å². The van der Waals surface area contributed by atoms with Crippen LogP contribution in [0.5, 0.6) is 0 Å². The monoisotopic (exact) mass is 517 g/mol. The predicted molar refractivity (Wildman–Crippen MR) is 115 cm³/mol. The molecular weight excluding hydrogens is 500 g/mol. The molecule has 5 nitrogen and oxygen atoms in total. The van der Waals surface area contributed by atoms with E-state index in [1.54, 1.807) is 6.92 Å². The van der Waals surface area contributed by atoms with E-state index in [0.29, 0.717) is 17.7 Å². The Labute approximate surface area is 196 Å². The Balaban J connectivity index is 1.93. The summed E-state index contributed by atoms with van der Waals surface area (Å²) in [7, 11) is -3.04. The average molecular weight is 517 g/mol. The molecule has 0 radical (unpaired) electrons. The van der Waals surface area contributed by atoms with Crippen molar-refractivity contribution in [2.75, 3.05) is 11.8 Å². The topological polar surface area (TPSA) is 72.5 Å². The molecule has 3 rings (SSSR count). The van der Waals surface area contributed by atoms with Crippen molar-refractivity contribution >= 4 is 21.7 Å². The number of nitrogens with one attached hydrogen (secondary N) is 1. The van der Waals surface area contributed by atoms with Crippen LogP contribution in [0.25, 0.3) is 11.1 Å². The van der Waals surface area contributed by atoms with Gasteiger partial charge < -0.3 is 4.74 Å². The van der Waals surface area contributed by atoms with Gasteiger partial charge in [-0.2, -0.15) is 26.3 Å². The Morgan fingerprint density at radius 2 is 1.34 bits per heavy atom. The highest BCUT2D eigenvalue weighted by Gasteiger charge is 2.37. The van der Waals surface area contributed by atoms with Crippen LogP contribution in [0.3, 0.4) is 0 Å². The minimum atomic E-state index is -5.00. The maximum absolute atomic E-state index is 13.1. The minimum absolute atomic E-state index is 0.00281. The van der Waals surface area contributed by atoms with Crippen molar-refractivity contribution in [3.63, 3.8) is 0 Å². The first kappa shape index (κ1) is 26.1. The Hall–Kier alpha value is -3.54. The number of aryl methyl sites for hydroxylation is 1. The van der Waals surface area contributed by atoms with Crippen molar-refractivity contribution < 1.29 is 44.3 Å². The molecule has 0 amide bonds. The van der Waals surface area contributed by atoms with Gasteiger partial charge in [-0.3, -0.25) is 4.72 Å². The van der Waals surface area contributed by atoms with Gasteiger partial charge in [-0.25, -0.2) is 13.2 Å². The van der Waals surface area contributed by atoms with Crippen LogP contribution < -0.4 is 4.72 Å². The molecule has 0 heterocycles. The summed E-state index contributed by atoms with van der Waals surface area (Å²) in [6.45, 7) is 1.59. The van der Waals surface area contributed by atoms with E-state index in [0.717, 1.165) is 13.2 Å². The van der Waals surface area contributed by atoms with Crippen LogP contribution in [0.2, 0.25) is 0 Å². The van der Waals surface area contributed by atoms with Crippen molar-refractivity contribution in [2.24, 2.45) is 0 Å². The molecule has 0 spiro atoms. The average Bonchev–Trinajstić information content (AvgIpc) is 2.77. The van der Waals surface area contributed by atoms with E-state index in [1.807, 2.05) is 0 Å². The molecule has 0 atom stereocenters. The van der Waals surface area contributed by atoms with Gasteiger partial charge in [-0.05, 0) is 66.1 Å². The predicted octanol–water partition coefficient (Wildman–Crippen LogP) is 6.29. The van der Waals surface area contributed by atoms with Gasteiger partial charge in [0.15, 0.2) is 0 Å². The Kier molecular flexibility index (Phi) is 6.89. The molecule has 0 aromatic heterocycles. The summed E-state index contributed by atoms with van der Waals surface area (Å²) < 4.78 is 111. The number of alkyl halides is 6. The van der Waals surface area contributed by atoms with Crippen LogP contribution in [0.1, 0.15) is 27.0 Å². The van der Waals surface area contributed by atoms with Crippen molar-refractivity contribution in [3.05, 3.63) is 82.9 Å². The van der Waals surface area contributed by atoms with Crippen molar-refractivity contribution in [1.29, 1.82) is 0 Å². The van der Waals surface area contributed by atoms with E-state index < -0.39 is 39.5 Å². The largest absolute Gasteiger partial charge is 0.465 e. The molecule has 0 aliphatic carbocycles. The lowest BCUT2D eigenvalue weighted by Crippen LogP contribution is -2.14. The van der Waals surface area contributed by atoms with Crippen molar-refractivity contribution in [1.82, 2.24) is 0 Å². The van der Waals surface area contributed by atoms with Crippen molar-refractivity contribution in [2.45, 2.75) is 24.2 Å². The van der Waals surface area contributed by atoms with Crippen LogP contribution in [-0.2, 0) is 27.1 Å².